The first-order chi connectivity index (χ1) is 15.8. The maximum atomic E-state index is 14.0. The number of hydrogen-bond acceptors (Lipinski definition) is 4. The number of hydrogen-bond donors (Lipinski definition) is 3. The second-order valence-corrected chi connectivity index (χ2v) is 9.09. The van der Waals surface area contributed by atoms with Gasteiger partial charge in [0.25, 0.3) is 5.91 Å². The average molecular weight is 453 g/mol. The summed E-state index contributed by atoms with van der Waals surface area (Å²) in [6, 6.07) is -0.311. The first-order valence-corrected chi connectivity index (χ1v) is 11.5. The summed E-state index contributed by atoms with van der Waals surface area (Å²) in [4.78, 5) is 18.4. The van der Waals surface area contributed by atoms with Crippen molar-refractivity contribution in [2.24, 2.45) is 5.92 Å². The Morgan fingerprint density at radius 3 is 2.91 bits per heavy atom. The van der Waals surface area contributed by atoms with Gasteiger partial charge in [-0.25, -0.2) is 4.39 Å². The minimum atomic E-state index is -0.366. The lowest BCUT2D eigenvalue weighted by Crippen LogP contribution is -2.40. The molecule has 1 aromatic heterocycles. The second kappa shape index (κ2) is 9.93. The van der Waals surface area contributed by atoms with Gasteiger partial charge in [-0.1, -0.05) is 25.7 Å². The number of rotatable bonds is 7. The molecule has 2 fully saturated rings. The van der Waals surface area contributed by atoms with E-state index in [1.54, 1.807) is 12.2 Å². The van der Waals surface area contributed by atoms with Crippen LogP contribution in [0.5, 0.6) is 0 Å². The molecule has 1 unspecified atom stereocenters. The zero-order valence-corrected chi connectivity index (χ0v) is 19.6. The van der Waals surface area contributed by atoms with Crippen molar-refractivity contribution in [1.29, 1.82) is 0 Å². The summed E-state index contributed by atoms with van der Waals surface area (Å²) in [5, 5.41) is 6.39. The third kappa shape index (κ3) is 5.20. The Kier molecular flexibility index (Phi) is 7.00. The van der Waals surface area contributed by atoms with Gasteiger partial charge in [-0.05, 0) is 49.1 Å². The Bertz CT molecular complexity index is 1060. The van der Waals surface area contributed by atoms with Crippen LogP contribution in [0.25, 0.3) is 11.8 Å². The highest BCUT2D eigenvalue weighted by Crippen LogP contribution is 2.31. The molecule has 33 heavy (non-hydrogen) atoms. The van der Waals surface area contributed by atoms with Crippen LogP contribution in [0, 0.1) is 19.8 Å². The van der Waals surface area contributed by atoms with Crippen molar-refractivity contribution in [1.82, 2.24) is 20.5 Å². The Morgan fingerprint density at radius 2 is 2.15 bits per heavy atom. The molecule has 6 nitrogen and oxygen atoms in total. The number of carbonyl (C=O) groups excluding carboxylic acids is 1. The number of carbonyl (C=O) groups is 1. The largest absolute Gasteiger partial charge is 0.385 e. The van der Waals surface area contributed by atoms with Gasteiger partial charge in [-0.15, -0.1) is 0 Å². The molecule has 0 bridgehead atoms. The number of amides is 1. The van der Waals surface area contributed by atoms with Gasteiger partial charge in [0.05, 0.1) is 19.3 Å². The molecule has 7 heteroatoms. The van der Waals surface area contributed by atoms with Gasteiger partial charge in [0.15, 0.2) is 0 Å². The summed E-state index contributed by atoms with van der Waals surface area (Å²) >= 11 is 0. The highest BCUT2D eigenvalue weighted by atomic mass is 19.1. The number of nitrogens with zero attached hydrogens (tertiary/aromatic N) is 1. The quantitative estimate of drug-likeness (QED) is 0.555. The van der Waals surface area contributed by atoms with E-state index < -0.39 is 0 Å². The monoisotopic (exact) mass is 452 g/mol. The molecule has 1 amide bonds. The summed E-state index contributed by atoms with van der Waals surface area (Å²) in [7, 11) is 0. The van der Waals surface area contributed by atoms with Crippen LogP contribution in [0.4, 0.5) is 4.39 Å². The van der Waals surface area contributed by atoms with E-state index >= 15 is 0 Å². The Morgan fingerprint density at radius 1 is 1.39 bits per heavy atom. The number of morpholine rings is 1. The van der Waals surface area contributed by atoms with E-state index in [4.69, 9.17) is 4.74 Å². The van der Waals surface area contributed by atoms with Crippen LogP contribution in [0.1, 0.15) is 29.4 Å². The number of aromatic nitrogens is 1. The molecular formula is C26H33FN4O2. The van der Waals surface area contributed by atoms with E-state index in [2.05, 4.69) is 34.0 Å². The Hall–Kier alpha value is -2.90. The van der Waals surface area contributed by atoms with Gasteiger partial charge in [0.1, 0.15) is 5.83 Å². The maximum absolute atomic E-state index is 14.0. The molecular weight excluding hydrogens is 419 g/mol. The number of fused-ring (bicyclic) bond motifs is 1. The number of halogens is 1. The molecule has 0 saturated carbocycles. The molecule has 2 aliphatic heterocycles. The van der Waals surface area contributed by atoms with Crippen LogP contribution in [0.15, 0.2) is 47.9 Å². The molecule has 0 radical (unpaired) electrons. The fraction of sp³-hybridized carbons (Fsp3) is 0.423. The van der Waals surface area contributed by atoms with Crippen molar-refractivity contribution in [2.75, 3.05) is 39.4 Å². The van der Waals surface area contributed by atoms with E-state index in [0.717, 1.165) is 67.6 Å². The van der Waals surface area contributed by atoms with E-state index in [1.807, 2.05) is 19.9 Å². The van der Waals surface area contributed by atoms with Crippen molar-refractivity contribution in [3.8, 4) is 0 Å². The second-order valence-electron chi connectivity index (χ2n) is 9.09. The van der Waals surface area contributed by atoms with Crippen molar-refractivity contribution in [3.05, 3.63) is 70.4 Å². The smallest absolute Gasteiger partial charge is 0.252 e. The van der Waals surface area contributed by atoms with Gasteiger partial charge < -0.3 is 20.4 Å². The molecule has 0 aromatic carbocycles. The van der Waals surface area contributed by atoms with E-state index in [1.165, 1.54) is 12.2 Å². The summed E-state index contributed by atoms with van der Waals surface area (Å²) in [6.07, 6.45) is 8.06. The lowest BCUT2D eigenvalue weighted by molar-refractivity contribution is -0.116. The minimum absolute atomic E-state index is 0.201. The predicted octanol–water partition coefficient (Wildman–Crippen LogP) is 3.39. The third-order valence-corrected chi connectivity index (χ3v) is 6.43. The third-order valence-electron chi connectivity index (χ3n) is 6.43. The summed E-state index contributed by atoms with van der Waals surface area (Å²) in [5.74, 6) is -0.0963. The minimum Gasteiger partial charge on any atom is -0.385 e. The highest BCUT2D eigenvalue weighted by Gasteiger charge is 2.31. The molecule has 1 aliphatic carbocycles. The predicted molar refractivity (Wildman–Crippen MR) is 130 cm³/mol. The normalized spacial score (nSPS) is 23.0. The van der Waals surface area contributed by atoms with Crippen molar-refractivity contribution in [2.45, 2.75) is 26.8 Å². The van der Waals surface area contributed by atoms with Crippen LogP contribution >= 0.6 is 0 Å². The number of nitrogens with one attached hydrogen (secondary N) is 3. The fourth-order valence-corrected chi connectivity index (χ4v) is 4.71. The first-order valence-electron chi connectivity index (χ1n) is 11.5. The Balaban J connectivity index is 1.47. The average Bonchev–Trinajstić information content (AvgIpc) is 3.14. The zero-order chi connectivity index (χ0) is 23.5. The van der Waals surface area contributed by atoms with Crippen LogP contribution in [-0.4, -0.2) is 61.2 Å². The molecule has 2 saturated heterocycles. The molecule has 3 aliphatic rings. The SMILES string of the molecule is C=C(NC[C@H](C)CN1CCOCC1)c1c(C)[nH]c(/C=C2\C(=O)NC3C=CC=C(F)C=C23)c1C. The van der Waals surface area contributed by atoms with E-state index in [-0.39, 0.29) is 17.8 Å². The lowest BCUT2D eigenvalue weighted by Gasteiger charge is -2.29. The van der Waals surface area contributed by atoms with Gasteiger partial charge >= 0.3 is 0 Å². The van der Waals surface area contributed by atoms with Crippen molar-refractivity contribution >= 4 is 17.7 Å². The van der Waals surface area contributed by atoms with Gasteiger partial charge in [0.2, 0.25) is 0 Å². The Labute approximate surface area is 195 Å². The number of allylic oxidation sites excluding steroid dienone is 4. The van der Waals surface area contributed by atoms with Gasteiger partial charge in [0, 0.05) is 54.4 Å². The topological polar surface area (TPSA) is 69.4 Å². The van der Waals surface area contributed by atoms with Crippen molar-refractivity contribution < 1.29 is 13.9 Å². The molecule has 3 heterocycles. The molecule has 176 valence electrons. The molecule has 4 rings (SSSR count). The zero-order valence-electron chi connectivity index (χ0n) is 19.6. The van der Waals surface area contributed by atoms with Gasteiger partial charge in [-0.3, -0.25) is 9.69 Å². The summed E-state index contributed by atoms with van der Waals surface area (Å²) in [6.45, 7) is 16.0. The van der Waals surface area contributed by atoms with Crippen LogP contribution in [0.3, 0.4) is 0 Å². The van der Waals surface area contributed by atoms with Crippen molar-refractivity contribution in [3.63, 3.8) is 0 Å². The molecule has 0 spiro atoms. The summed E-state index contributed by atoms with van der Waals surface area (Å²) < 4.78 is 19.4. The van der Waals surface area contributed by atoms with E-state index in [0.29, 0.717) is 17.1 Å². The number of ether oxygens (including phenoxy) is 1. The van der Waals surface area contributed by atoms with Crippen LogP contribution in [0.2, 0.25) is 0 Å². The standard InChI is InChI=1S/C26H33FN4O2/c1-16(15-31-8-10-33-11-9-31)14-28-18(3)25-17(2)24(29-19(25)4)13-22-21-12-20(27)6-5-7-23(21)30-26(22)32/h5-7,12-13,16,23,28-29H,3,8-11,14-15H2,1-2,4H3,(H,30,32)/b22-13-/t16-,23?/m0/s1. The molecule has 2 atom stereocenters. The lowest BCUT2D eigenvalue weighted by atomic mass is 10.0. The summed E-state index contributed by atoms with van der Waals surface area (Å²) in [5.41, 5.74) is 5.82. The van der Waals surface area contributed by atoms with E-state index in [9.17, 15) is 9.18 Å². The number of aryl methyl sites for hydroxylation is 1. The van der Waals surface area contributed by atoms with Crippen LogP contribution in [-0.2, 0) is 9.53 Å². The first kappa shape index (κ1) is 23.3. The number of aromatic amines is 1. The number of H-pyrrole nitrogens is 1. The highest BCUT2D eigenvalue weighted by molar-refractivity contribution is 6.06. The molecule has 1 aromatic rings. The fourth-order valence-electron chi connectivity index (χ4n) is 4.71. The van der Waals surface area contributed by atoms with Crippen LogP contribution < -0.4 is 10.6 Å². The van der Waals surface area contributed by atoms with Gasteiger partial charge in [-0.2, -0.15) is 0 Å². The molecule has 3 N–H and O–H groups in total. The maximum Gasteiger partial charge on any atom is 0.252 e.